The summed E-state index contributed by atoms with van der Waals surface area (Å²) in [4.78, 5) is 0. The van der Waals surface area contributed by atoms with Crippen LogP contribution in [0.5, 0.6) is 0 Å². The first-order valence-electron chi connectivity index (χ1n) is 4.41. The molecule has 0 aliphatic rings. The molecule has 80 valence electrons. The molecule has 0 aliphatic heterocycles. The van der Waals surface area contributed by atoms with Crippen molar-refractivity contribution in [2.45, 2.75) is 37.4 Å². The average Bonchev–Trinajstić information content (AvgIpc) is 2.51. The van der Waals surface area contributed by atoms with Crippen molar-refractivity contribution in [1.29, 1.82) is 0 Å². The molecule has 0 saturated heterocycles. The summed E-state index contributed by atoms with van der Waals surface area (Å²) in [6.07, 6.45) is 2.08. The lowest BCUT2D eigenvalue weighted by Crippen LogP contribution is -2.24. The Balaban J connectivity index is 2.81. The number of alkyl halides is 1. The van der Waals surface area contributed by atoms with Crippen LogP contribution in [0.1, 0.15) is 32.0 Å². The third kappa shape index (κ3) is 2.85. The number of thioether (sulfide) groups is 1. The first kappa shape index (κ1) is 11.8. The molecule has 0 saturated carbocycles. The van der Waals surface area contributed by atoms with Crippen LogP contribution in [-0.2, 0) is 6.54 Å². The molecule has 1 heterocycles. The summed E-state index contributed by atoms with van der Waals surface area (Å²) in [5.74, 6) is 0.730. The zero-order valence-corrected chi connectivity index (χ0v) is 10.4. The van der Waals surface area contributed by atoms with E-state index in [4.69, 9.17) is 11.6 Å². The predicted octanol–water partition coefficient (Wildman–Crippen LogP) is 2.11. The van der Waals surface area contributed by atoms with E-state index in [9.17, 15) is 0 Å². The van der Waals surface area contributed by atoms with E-state index in [2.05, 4.69) is 35.6 Å². The second-order valence-corrected chi connectivity index (χ2v) is 5.94. The molecular formula is C8H15ClN4S. The van der Waals surface area contributed by atoms with E-state index in [0.29, 0.717) is 0 Å². The molecular weight excluding hydrogens is 220 g/mol. The number of aromatic nitrogens is 4. The van der Waals surface area contributed by atoms with Crippen molar-refractivity contribution in [2.24, 2.45) is 0 Å². The summed E-state index contributed by atoms with van der Waals surface area (Å²) < 4.78 is 1.89. The number of nitrogens with zero attached hydrogens (tertiary/aromatic N) is 4. The Morgan fingerprint density at radius 3 is 2.71 bits per heavy atom. The van der Waals surface area contributed by atoms with Gasteiger partial charge < -0.3 is 0 Å². The van der Waals surface area contributed by atoms with Gasteiger partial charge in [-0.2, -0.15) is 11.8 Å². The van der Waals surface area contributed by atoms with Gasteiger partial charge in [0.15, 0.2) is 5.82 Å². The van der Waals surface area contributed by atoms with E-state index in [1.54, 1.807) is 16.4 Å². The van der Waals surface area contributed by atoms with Gasteiger partial charge in [0.2, 0.25) is 0 Å². The fourth-order valence-corrected chi connectivity index (χ4v) is 1.44. The van der Waals surface area contributed by atoms with Crippen LogP contribution in [-0.4, -0.2) is 31.2 Å². The summed E-state index contributed by atoms with van der Waals surface area (Å²) >= 11 is 7.74. The Morgan fingerprint density at radius 1 is 1.57 bits per heavy atom. The lowest BCUT2D eigenvalue weighted by atomic mass is 10.2. The fourth-order valence-electron chi connectivity index (χ4n) is 1.03. The minimum absolute atomic E-state index is 0.121. The molecule has 1 rings (SSSR count). The van der Waals surface area contributed by atoms with Crippen molar-refractivity contribution in [1.82, 2.24) is 20.2 Å². The van der Waals surface area contributed by atoms with Crippen LogP contribution in [0, 0.1) is 0 Å². The molecule has 0 amide bonds. The lowest BCUT2D eigenvalue weighted by Gasteiger charge is -2.22. The Bertz CT molecular complexity index is 297. The van der Waals surface area contributed by atoms with Gasteiger partial charge in [-0.05, 0) is 37.5 Å². The minimum atomic E-state index is -0.150. The molecule has 0 aromatic carbocycles. The predicted molar refractivity (Wildman–Crippen MR) is 59.7 cm³/mol. The second kappa shape index (κ2) is 4.49. The van der Waals surface area contributed by atoms with Gasteiger partial charge in [0.25, 0.3) is 0 Å². The van der Waals surface area contributed by atoms with Crippen LogP contribution in [0.15, 0.2) is 0 Å². The molecule has 1 unspecified atom stereocenters. The summed E-state index contributed by atoms with van der Waals surface area (Å²) in [5.41, 5.74) is 0. The van der Waals surface area contributed by atoms with Crippen LogP contribution in [0.2, 0.25) is 0 Å². The molecule has 0 bridgehead atoms. The zero-order chi connectivity index (χ0) is 10.8. The van der Waals surface area contributed by atoms with Crippen LogP contribution in [0.3, 0.4) is 0 Å². The Morgan fingerprint density at radius 2 is 2.21 bits per heavy atom. The summed E-state index contributed by atoms with van der Waals surface area (Å²) in [6, 6.07) is 0. The Hall–Kier alpha value is -0.290. The molecule has 0 radical (unpaired) electrons. The second-order valence-electron chi connectivity index (χ2n) is 3.77. The standard InChI is InChI=1S/C8H15ClN4S/c1-6(9)7-10-11-12-13(7)5-8(2,3)14-4/h6H,5H2,1-4H3. The maximum atomic E-state index is 5.95. The van der Waals surface area contributed by atoms with Crippen LogP contribution < -0.4 is 0 Å². The van der Waals surface area contributed by atoms with E-state index in [1.807, 2.05) is 6.92 Å². The highest BCUT2D eigenvalue weighted by Gasteiger charge is 2.21. The fraction of sp³-hybridized carbons (Fsp3) is 0.875. The normalized spacial score (nSPS) is 14.4. The third-order valence-corrected chi connectivity index (χ3v) is 3.43. The van der Waals surface area contributed by atoms with E-state index in [0.717, 1.165) is 12.4 Å². The summed E-state index contributed by atoms with van der Waals surface area (Å²) in [6.45, 7) is 6.95. The number of halogens is 1. The van der Waals surface area contributed by atoms with E-state index < -0.39 is 0 Å². The number of hydrogen-bond acceptors (Lipinski definition) is 4. The maximum Gasteiger partial charge on any atom is 0.168 e. The highest BCUT2D eigenvalue weighted by Crippen LogP contribution is 2.25. The van der Waals surface area contributed by atoms with E-state index in [1.165, 1.54) is 0 Å². The maximum absolute atomic E-state index is 5.95. The van der Waals surface area contributed by atoms with Gasteiger partial charge >= 0.3 is 0 Å². The Labute approximate surface area is 93.4 Å². The largest absolute Gasteiger partial charge is 0.227 e. The zero-order valence-electron chi connectivity index (χ0n) is 8.86. The van der Waals surface area contributed by atoms with Crippen LogP contribution >= 0.6 is 23.4 Å². The molecule has 0 N–H and O–H groups in total. The highest BCUT2D eigenvalue weighted by atomic mass is 35.5. The molecule has 1 aromatic rings. The van der Waals surface area contributed by atoms with Crippen molar-refractivity contribution < 1.29 is 0 Å². The topological polar surface area (TPSA) is 43.6 Å². The van der Waals surface area contributed by atoms with Crippen molar-refractivity contribution in [3.63, 3.8) is 0 Å². The van der Waals surface area contributed by atoms with Crippen molar-refractivity contribution in [3.05, 3.63) is 5.82 Å². The smallest absolute Gasteiger partial charge is 0.168 e. The van der Waals surface area contributed by atoms with Crippen LogP contribution in [0.4, 0.5) is 0 Å². The summed E-state index contributed by atoms with van der Waals surface area (Å²) in [7, 11) is 0. The van der Waals surface area contributed by atoms with Gasteiger partial charge in [-0.15, -0.1) is 16.7 Å². The first-order chi connectivity index (χ1) is 6.46. The van der Waals surface area contributed by atoms with Crippen LogP contribution in [0.25, 0.3) is 0 Å². The molecule has 4 nitrogen and oxygen atoms in total. The molecule has 1 aromatic heterocycles. The number of hydrogen-bond donors (Lipinski definition) is 0. The Kier molecular flexibility index (Phi) is 3.78. The monoisotopic (exact) mass is 234 g/mol. The average molecular weight is 235 g/mol. The molecule has 6 heteroatoms. The first-order valence-corrected chi connectivity index (χ1v) is 6.07. The minimum Gasteiger partial charge on any atom is -0.227 e. The van der Waals surface area contributed by atoms with Gasteiger partial charge in [-0.1, -0.05) is 0 Å². The number of tetrazole rings is 1. The summed E-state index contributed by atoms with van der Waals surface area (Å²) in [5, 5.41) is 11.3. The SMILES string of the molecule is CSC(C)(C)Cn1nnnc1C(C)Cl. The van der Waals surface area contributed by atoms with Gasteiger partial charge in [0.05, 0.1) is 11.9 Å². The number of rotatable bonds is 4. The molecule has 1 atom stereocenters. The van der Waals surface area contributed by atoms with Gasteiger partial charge in [-0.25, -0.2) is 4.68 Å². The van der Waals surface area contributed by atoms with E-state index >= 15 is 0 Å². The van der Waals surface area contributed by atoms with Gasteiger partial charge in [-0.3, -0.25) is 0 Å². The molecule has 0 spiro atoms. The quantitative estimate of drug-likeness (QED) is 0.749. The molecule has 0 aliphatic carbocycles. The van der Waals surface area contributed by atoms with Gasteiger partial charge in [0, 0.05) is 4.75 Å². The molecule has 0 fully saturated rings. The third-order valence-electron chi connectivity index (χ3n) is 2.00. The van der Waals surface area contributed by atoms with Crippen molar-refractivity contribution >= 4 is 23.4 Å². The highest BCUT2D eigenvalue weighted by molar-refractivity contribution is 7.99. The molecule has 14 heavy (non-hydrogen) atoms. The van der Waals surface area contributed by atoms with Crippen molar-refractivity contribution in [3.8, 4) is 0 Å². The van der Waals surface area contributed by atoms with Crippen molar-refractivity contribution in [2.75, 3.05) is 6.26 Å². The van der Waals surface area contributed by atoms with Gasteiger partial charge in [0.1, 0.15) is 0 Å². The van der Waals surface area contributed by atoms with E-state index in [-0.39, 0.29) is 10.1 Å². The lowest BCUT2D eigenvalue weighted by molar-refractivity contribution is 0.490.